The molecule has 0 aliphatic heterocycles. The average Bonchev–Trinajstić information content (AvgIpc) is 3.10. The van der Waals surface area contributed by atoms with Gasteiger partial charge in [-0.25, -0.2) is 4.39 Å². The Morgan fingerprint density at radius 1 is 0.962 bits per heavy atom. The van der Waals surface area contributed by atoms with Gasteiger partial charge in [0.1, 0.15) is 5.82 Å². The predicted molar refractivity (Wildman–Crippen MR) is 96.0 cm³/mol. The summed E-state index contributed by atoms with van der Waals surface area (Å²) < 4.78 is 18.4. The molecule has 0 aliphatic rings. The van der Waals surface area contributed by atoms with Gasteiger partial charge in [0.15, 0.2) is 0 Å². The van der Waals surface area contributed by atoms with Gasteiger partial charge in [-0.15, -0.1) is 5.10 Å². The van der Waals surface area contributed by atoms with Crippen LogP contribution in [0.1, 0.15) is 5.56 Å². The Morgan fingerprint density at radius 3 is 2.54 bits per heavy atom. The standard InChI is InChI=1S/C20H14FN3O2/c21-17-9-7-15(8-10-17)19-23-24-20(26-19)22-18(25)12-13-5-6-14-3-1-2-4-16(14)11-13/h1-11H,12H2,(H,22,24,25). The monoisotopic (exact) mass is 347 g/mol. The molecule has 1 heterocycles. The van der Waals surface area contributed by atoms with Crippen LogP contribution in [0.5, 0.6) is 0 Å². The smallest absolute Gasteiger partial charge is 0.322 e. The second-order valence-electron chi connectivity index (χ2n) is 5.83. The van der Waals surface area contributed by atoms with E-state index in [1.54, 1.807) is 0 Å². The molecule has 0 saturated heterocycles. The topological polar surface area (TPSA) is 68.0 Å². The van der Waals surface area contributed by atoms with Crippen molar-refractivity contribution in [1.82, 2.24) is 10.2 Å². The van der Waals surface area contributed by atoms with Crippen molar-refractivity contribution in [3.63, 3.8) is 0 Å². The number of hydrogen-bond acceptors (Lipinski definition) is 4. The molecule has 1 amide bonds. The van der Waals surface area contributed by atoms with E-state index >= 15 is 0 Å². The summed E-state index contributed by atoms with van der Waals surface area (Å²) in [7, 11) is 0. The molecule has 5 nitrogen and oxygen atoms in total. The van der Waals surface area contributed by atoms with Crippen LogP contribution in [0.2, 0.25) is 0 Å². The van der Waals surface area contributed by atoms with E-state index in [-0.39, 0.29) is 30.1 Å². The molecule has 6 heteroatoms. The van der Waals surface area contributed by atoms with Gasteiger partial charge in [0.2, 0.25) is 11.8 Å². The minimum absolute atomic E-state index is 0.00936. The van der Waals surface area contributed by atoms with Crippen molar-refractivity contribution in [3.8, 4) is 11.5 Å². The highest BCUT2D eigenvalue weighted by Gasteiger charge is 2.12. The summed E-state index contributed by atoms with van der Waals surface area (Å²) in [5.41, 5.74) is 1.47. The molecular weight excluding hydrogens is 333 g/mol. The summed E-state index contributed by atoms with van der Waals surface area (Å²) in [6, 6.07) is 19.5. The number of nitrogens with zero attached hydrogens (tertiary/aromatic N) is 2. The second-order valence-corrected chi connectivity index (χ2v) is 5.83. The van der Waals surface area contributed by atoms with E-state index in [1.165, 1.54) is 24.3 Å². The van der Waals surface area contributed by atoms with Gasteiger partial charge in [-0.2, -0.15) is 0 Å². The Hall–Kier alpha value is -3.54. The fourth-order valence-corrected chi connectivity index (χ4v) is 2.68. The summed E-state index contributed by atoms with van der Waals surface area (Å²) in [6.07, 6.45) is 0.194. The SMILES string of the molecule is O=C(Cc1ccc2ccccc2c1)Nc1nnc(-c2ccc(F)cc2)o1. The summed E-state index contributed by atoms with van der Waals surface area (Å²) >= 11 is 0. The van der Waals surface area contributed by atoms with Crippen molar-refractivity contribution in [1.29, 1.82) is 0 Å². The van der Waals surface area contributed by atoms with Crippen molar-refractivity contribution >= 4 is 22.7 Å². The lowest BCUT2D eigenvalue weighted by molar-refractivity contribution is -0.115. The zero-order chi connectivity index (χ0) is 17.9. The minimum atomic E-state index is -0.350. The third-order valence-electron chi connectivity index (χ3n) is 3.94. The third-order valence-corrected chi connectivity index (χ3v) is 3.94. The lowest BCUT2D eigenvalue weighted by Gasteiger charge is -2.03. The predicted octanol–water partition coefficient (Wildman–Crippen LogP) is 4.21. The molecule has 3 aromatic carbocycles. The molecule has 0 aliphatic carbocycles. The minimum Gasteiger partial charge on any atom is -0.403 e. The molecule has 26 heavy (non-hydrogen) atoms. The first-order valence-corrected chi connectivity index (χ1v) is 8.04. The van der Waals surface area contributed by atoms with Crippen molar-refractivity contribution in [3.05, 3.63) is 78.1 Å². The Morgan fingerprint density at radius 2 is 1.73 bits per heavy atom. The fourth-order valence-electron chi connectivity index (χ4n) is 2.68. The molecular formula is C20H14FN3O2. The van der Waals surface area contributed by atoms with Crippen LogP contribution in [0.3, 0.4) is 0 Å². The first kappa shape index (κ1) is 16.0. The van der Waals surface area contributed by atoms with Crippen LogP contribution in [0.4, 0.5) is 10.4 Å². The van der Waals surface area contributed by atoms with Crippen LogP contribution >= 0.6 is 0 Å². The molecule has 0 atom stereocenters. The van der Waals surface area contributed by atoms with E-state index < -0.39 is 0 Å². The summed E-state index contributed by atoms with van der Waals surface area (Å²) in [6.45, 7) is 0. The highest BCUT2D eigenvalue weighted by atomic mass is 19.1. The van der Waals surface area contributed by atoms with Gasteiger partial charge in [-0.1, -0.05) is 47.6 Å². The molecule has 4 rings (SSSR count). The number of carbonyl (C=O) groups is 1. The largest absolute Gasteiger partial charge is 0.403 e. The number of nitrogens with one attached hydrogen (secondary N) is 1. The molecule has 0 unspecified atom stereocenters. The van der Waals surface area contributed by atoms with Crippen LogP contribution in [-0.2, 0) is 11.2 Å². The summed E-state index contributed by atoms with van der Waals surface area (Å²) in [5, 5.41) is 12.5. The quantitative estimate of drug-likeness (QED) is 0.600. The number of rotatable bonds is 4. The Bertz CT molecular complexity index is 1070. The molecule has 4 aromatic rings. The molecule has 0 bridgehead atoms. The van der Waals surface area contributed by atoms with E-state index in [0.29, 0.717) is 5.56 Å². The number of hydrogen-bond donors (Lipinski definition) is 1. The third kappa shape index (κ3) is 3.44. The van der Waals surface area contributed by atoms with Gasteiger partial charge in [0.25, 0.3) is 0 Å². The molecule has 1 aromatic heterocycles. The van der Waals surface area contributed by atoms with Gasteiger partial charge in [-0.3, -0.25) is 10.1 Å². The van der Waals surface area contributed by atoms with E-state index in [9.17, 15) is 9.18 Å². The molecule has 0 fully saturated rings. The zero-order valence-electron chi connectivity index (χ0n) is 13.6. The van der Waals surface area contributed by atoms with Crippen molar-refractivity contribution in [2.75, 3.05) is 5.32 Å². The second kappa shape index (κ2) is 6.76. The molecule has 0 radical (unpaired) electrons. The number of benzene rings is 3. The Kier molecular flexibility index (Phi) is 4.15. The van der Waals surface area contributed by atoms with Gasteiger partial charge >= 0.3 is 6.01 Å². The summed E-state index contributed by atoms with van der Waals surface area (Å²) in [4.78, 5) is 12.2. The Balaban J connectivity index is 1.45. The molecule has 1 N–H and O–H groups in total. The van der Waals surface area contributed by atoms with Crippen molar-refractivity contribution < 1.29 is 13.6 Å². The zero-order valence-corrected chi connectivity index (χ0v) is 13.6. The summed E-state index contributed by atoms with van der Waals surface area (Å²) in [5.74, 6) is -0.391. The normalized spacial score (nSPS) is 10.8. The maximum atomic E-state index is 13.0. The Labute approximate surface area is 148 Å². The number of amides is 1. The van der Waals surface area contributed by atoms with E-state index in [2.05, 4.69) is 15.5 Å². The highest BCUT2D eigenvalue weighted by molar-refractivity contribution is 5.91. The highest BCUT2D eigenvalue weighted by Crippen LogP contribution is 2.20. The number of carbonyl (C=O) groups excluding carboxylic acids is 1. The maximum Gasteiger partial charge on any atom is 0.322 e. The van der Waals surface area contributed by atoms with Crippen molar-refractivity contribution in [2.24, 2.45) is 0 Å². The fraction of sp³-hybridized carbons (Fsp3) is 0.0500. The first-order valence-electron chi connectivity index (χ1n) is 8.04. The lowest BCUT2D eigenvalue weighted by Crippen LogP contribution is -2.14. The number of anilines is 1. The van der Waals surface area contributed by atoms with Gasteiger partial charge in [0, 0.05) is 5.56 Å². The van der Waals surface area contributed by atoms with Gasteiger partial charge in [0.05, 0.1) is 6.42 Å². The van der Waals surface area contributed by atoms with Crippen LogP contribution in [0.15, 0.2) is 71.1 Å². The molecule has 0 saturated carbocycles. The van der Waals surface area contributed by atoms with E-state index in [1.807, 2.05) is 42.5 Å². The lowest BCUT2D eigenvalue weighted by atomic mass is 10.1. The maximum absolute atomic E-state index is 13.0. The van der Waals surface area contributed by atoms with Gasteiger partial charge in [-0.05, 0) is 40.6 Å². The van der Waals surface area contributed by atoms with E-state index in [4.69, 9.17) is 4.42 Å². The van der Waals surface area contributed by atoms with Crippen LogP contribution in [0.25, 0.3) is 22.2 Å². The van der Waals surface area contributed by atoms with Crippen molar-refractivity contribution in [2.45, 2.75) is 6.42 Å². The number of halogens is 1. The van der Waals surface area contributed by atoms with Crippen LogP contribution < -0.4 is 5.32 Å². The average molecular weight is 347 g/mol. The van der Waals surface area contributed by atoms with Crippen LogP contribution in [-0.4, -0.2) is 16.1 Å². The number of aromatic nitrogens is 2. The molecule has 0 spiro atoms. The first-order chi connectivity index (χ1) is 12.7. The van der Waals surface area contributed by atoms with E-state index in [0.717, 1.165) is 16.3 Å². The number of fused-ring (bicyclic) bond motifs is 1. The molecule has 128 valence electrons. The van der Waals surface area contributed by atoms with Crippen LogP contribution in [0, 0.1) is 5.82 Å². The van der Waals surface area contributed by atoms with Gasteiger partial charge < -0.3 is 4.42 Å².